The van der Waals surface area contributed by atoms with Gasteiger partial charge >= 0.3 is 0 Å². The van der Waals surface area contributed by atoms with Crippen LogP contribution in [0.2, 0.25) is 15.1 Å². The van der Waals surface area contributed by atoms with E-state index in [2.05, 4.69) is 0 Å². The minimum absolute atomic E-state index is 0.420. The van der Waals surface area contributed by atoms with Gasteiger partial charge in [-0.15, -0.1) is 0 Å². The van der Waals surface area contributed by atoms with Crippen molar-refractivity contribution in [1.29, 1.82) is 0 Å². The van der Waals surface area contributed by atoms with Gasteiger partial charge in [0.2, 0.25) is 0 Å². The van der Waals surface area contributed by atoms with Crippen LogP contribution in [0.25, 0.3) is 0 Å². The zero-order valence-corrected chi connectivity index (χ0v) is 11.6. The van der Waals surface area contributed by atoms with E-state index < -0.39 is 5.66 Å². The Morgan fingerprint density at radius 1 is 0.722 bits per heavy atom. The predicted molar refractivity (Wildman–Crippen MR) is 77.1 cm³/mol. The van der Waals surface area contributed by atoms with E-state index in [-0.39, 0.29) is 0 Å². The molecular formula is C13H11Cl3N2. The average Bonchev–Trinajstić information content (AvgIpc) is 2.33. The number of nitrogens with two attached hydrogens (primary N) is 2. The maximum Gasteiger partial charge on any atom is 0.116 e. The molecule has 0 aliphatic rings. The molecule has 2 aromatic carbocycles. The molecule has 18 heavy (non-hydrogen) atoms. The summed E-state index contributed by atoms with van der Waals surface area (Å²) in [6.07, 6.45) is 0. The SMILES string of the molecule is NC(N)(c1ccc(Cl)cc1)c1ccc(Cl)c(Cl)c1. The highest BCUT2D eigenvalue weighted by Gasteiger charge is 2.25. The Morgan fingerprint density at radius 3 is 1.83 bits per heavy atom. The first-order chi connectivity index (χ1) is 8.41. The third-order valence-corrected chi connectivity index (χ3v) is 3.71. The van der Waals surface area contributed by atoms with Crippen LogP contribution in [0, 0.1) is 0 Å². The van der Waals surface area contributed by atoms with Crippen molar-refractivity contribution in [3.8, 4) is 0 Å². The molecule has 0 amide bonds. The van der Waals surface area contributed by atoms with Gasteiger partial charge in [-0.1, -0.05) is 53.0 Å². The molecule has 0 fully saturated rings. The molecule has 2 rings (SSSR count). The first-order valence-corrected chi connectivity index (χ1v) is 6.34. The van der Waals surface area contributed by atoms with Crippen LogP contribution in [-0.2, 0) is 5.66 Å². The van der Waals surface area contributed by atoms with Crippen molar-refractivity contribution >= 4 is 34.8 Å². The summed E-state index contributed by atoms with van der Waals surface area (Å²) in [5, 5.41) is 1.51. The standard InChI is InChI=1S/C13H11Cl3N2/c14-10-4-1-8(2-5-10)13(17,18)9-3-6-11(15)12(16)7-9/h1-7H,17-18H2. The molecule has 2 aromatic rings. The monoisotopic (exact) mass is 300 g/mol. The fourth-order valence-electron chi connectivity index (χ4n) is 1.65. The Bertz CT molecular complexity index is 565. The van der Waals surface area contributed by atoms with E-state index in [0.717, 1.165) is 5.56 Å². The zero-order chi connectivity index (χ0) is 13.3. The molecule has 0 atom stereocenters. The lowest BCUT2D eigenvalue weighted by atomic mass is 9.93. The molecule has 2 nitrogen and oxygen atoms in total. The van der Waals surface area contributed by atoms with Gasteiger partial charge in [-0.3, -0.25) is 0 Å². The second kappa shape index (κ2) is 5.08. The smallest absolute Gasteiger partial charge is 0.116 e. The van der Waals surface area contributed by atoms with Crippen molar-refractivity contribution in [1.82, 2.24) is 0 Å². The quantitative estimate of drug-likeness (QED) is 0.830. The number of benzene rings is 2. The Morgan fingerprint density at radius 2 is 1.28 bits per heavy atom. The zero-order valence-electron chi connectivity index (χ0n) is 9.33. The minimum Gasteiger partial charge on any atom is -0.306 e. The molecule has 0 aromatic heterocycles. The van der Waals surface area contributed by atoms with Crippen molar-refractivity contribution in [3.63, 3.8) is 0 Å². The molecule has 0 spiro atoms. The summed E-state index contributed by atoms with van der Waals surface area (Å²) >= 11 is 17.7. The Labute approximate surface area is 120 Å². The molecule has 5 heteroatoms. The molecule has 0 aliphatic heterocycles. The van der Waals surface area contributed by atoms with Gasteiger partial charge in [-0.05, 0) is 35.4 Å². The van der Waals surface area contributed by atoms with Gasteiger partial charge in [-0.2, -0.15) is 0 Å². The normalized spacial score (nSPS) is 11.6. The van der Waals surface area contributed by atoms with Crippen LogP contribution in [0.15, 0.2) is 42.5 Å². The van der Waals surface area contributed by atoms with Crippen LogP contribution in [0.4, 0.5) is 0 Å². The van der Waals surface area contributed by atoms with E-state index in [4.69, 9.17) is 46.3 Å². The van der Waals surface area contributed by atoms with Crippen LogP contribution in [0.1, 0.15) is 11.1 Å². The molecule has 0 heterocycles. The van der Waals surface area contributed by atoms with Gasteiger partial charge in [0.15, 0.2) is 0 Å². The van der Waals surface area contributed by atoms with Crippen LogP contribution in [-0.4, -0.2) is 0 Å². The molecular weight excluding hydrogens is 291 g/mol. The number of rotatable bonds is 2. The minimum atomic E-state index is -1.14. The van der Waals surface area contributed by atoms with E-state index in [1.807, 2.05) is 0 Å². The van der Waals surface area contributed by atoms with E-state index in [9.17, 15) is 0 Å². The summed E-state index contributed by atoms with van der Waals surface area (Å²) in [4.78, 5) is 0. The summed E-state index contributed by atoms with van der Waals surface area (Å²) in [6.45, 7) is 0. The van der Waals surface area contributed by atoms with Gasteiger partial charge < -0.3 is 11.5 Å². The molecule has 0 aliphatic carbocycles. The largest absolute Gasteiger partial charge is 0.306 e. The van der Waals surface area contributed by atoms with E-state index >= 15 is 0 Å². The fraction of sp³-hybridized carbons (Fsp3) is 0.0769. The van der Waals surface area contributed by atoms with Crippen molar-refractivity contribution in [2.75, 3.05) is 0 Å². The highest BCUT2D eigenvalue weighted by atomic mass is 35.5. The van der Waals surface area contributed by atoms with Crippen molar-refractivity contribution in [2.24, 2.45) is 11.5 Å². The number of hydrogen-bond donors (Lipinski definition) is 2. The van der Waals surface area contributed by atoms with E-state index in [1.165, 1.54) is 0 Å². The summed E-state index contributed by atoms with van der Waals surface area (Å²) in [6, 6.07) is 12.1. The Balaban J connectivity index is 2.46. The molecule has 94 valence electrons. The van der Waals surface area contributed by atoms with E-state index in [1.54, 1.807) is 42.5 Å². The molecule has 0 bridgehead atoms. The molecule has 0 unspecified atom stereocenters. The maximum atomic E-state index is 6.16. The van der Waals surface area contributed by atoms with Crippen LogP contribution in [0.5, 0.6) is 0 Å². The summed E-state index contributed by atoms with van der Waals surface area (Å²) in [5.74, 6) is 0. The van der Waals surface area contributed by atoms with Crippen LogP contribution in [0.3, 0.4) is 0 Å². The van der Waals surface area contributed by atoms with Crippen LogP contribution < -0.4 is 11.5 Å². The number of halogens is 3. The Kier molecular flexibility index (Phi) is 3.85. The lowest BCUT2D eigenvalue weighted by molar-refractivity contribution is 0.568. The molecule has 0 radical (unpaired) electrons. The second-order valence-corrected chi connectivity index (χ2v) is 5.26. The van der Waals surface area contributed by atoms with Crippen molar-refractivity contribution < 1.29 is 0 Å². The highest BCUT2D eigenvalue weighted by Crippen LogP contribution is 2.29. The Hall–Kier alpha value is -0.770. The molecule has 4 N–H and O–H groups in total. The third kappa shape index (κ3) is 2.63. The van der Waals surface area contributed by atoms with Gasteiger partial charge in [0.1, 0.15) is 5.66 Å². The highest BCUT2D eigenvalue weighted by molar-refractivity contribution is 6.42. The van der Waals surface area contributed by atoms with Gasteiger partial charge in [0.25, 0.3) is 0 Å². The van der Waals surface area contributed by atoms with Crippen molar-refractivity contribution in [3.05, 3.63) is 68.7 Å². The predicted octanol–water partition coefficient (Wildman–Crippen LogP) is 3.77. The summed E-state index contributed by atoms with van der Waals surface area (Å²) in [7, 11) is 0. The number of hydrogen-bond acceptors (Lipinski definition) is 2. The van der Waals surface area contributed by atoms with E-state index in [0.29, 0.717) is 20.6 Å². The first-order valence-electron chi connectivity index (χ1n) is 5.20. The van der Waals surface area contributed by atoms with Crippen LogP contribution >= 0.6 is 34.8 Å². The van der Waals surface area contributed by atoms with Crippen molar-refractivity contribution in [2.45, 2.75) is 5.66 Å². The third-order valence-electron chi connectivity index (χ3n) is 2.72. The summed E-state index contributed by atoms with van der Waals surface area (Å²) in [5.41, 5.74) is 12.6. The summed E-state index contributed by atoms with van der Waals surface area (Å²) < 4.78 is 0. The van der Waals surface area contributed by atoms with Gasteiger partial charge in [0.05, 0.1) is 10.0 Å². The topological polar surface area (TPSA) is 52.0 Å². The molecule has 0 saturated heterocycles. The lowest BCUT2D eigenvalue weighted by Crippen LogP contribution is -2.47. The van der Waals surface area contributed by atoms with Gasteiger partial charge in [0, 0.05) is 5.02 Å². The average molecular weight is 302 g/mol. The second-order valence-electron chi connectivity index (χ2n) is 4.00. The lowest BCUT2D eigenvalue weighted by Gasteiger charge is -2.26. The van der Waals surface area contributed by atoms with Gasteiger partial charge in [-0.25, -0.2) is 0 Å². The molecule has 0 saturated carbocycles. The fourth-order valence-corrected chi connectivity index (χ4v) is 2.07. The first kappa shape index (κ1) is 13.7. The maximum absolute atomic E-state index is 6.16.